The zero-order valence-electron chi connectivity index (χ0n) is 12.2. The smallest absolute Gasteiger partial charge is 0.237 e. The van der Waals surface area contributed by atoms with Crippen molar-refractivity contribution in [3.8, 4) is 0 Å². The molecule has 1 fully saturated rings. The first-order chi connectivity index (χ1) is 9.50. The second-order valence-corrected chi connectivity index (χ2v) is 6.94. The molecule has 0 spiro atoms. The summed E-state index contributed by atoms with van der Waals surface area (Å²) in [7, 11) is 0. The summed E-state index contributed by atoms with van der Waals surface area (Å²) in [4.78, 5) is 12.2. The molecule has 20 heavy (non-hydrogen) atoms. The van der Waals surface area contributed by atoms with Gasteiger partial charge in [-0.05, 0) is 31.0 Å². The van der Waals surface area contributed by atoms with Crippen molar-refractivity contribution in [3.05, 3.63) is 34.3 Å². The molecule has 1 unspecified atom stereocenters. The largest absolute Gasteiger partial charge is 0.354 e. The van der Waals surface area contributed by atoms with Gasteiger partial charge in [-0.3, -0.25) is 4.79 Å². The van der Waals surface area contributed by atoms with E-state index in [9.17, 15) is 4.79 Å². The summed E-state index contributed by atoms with van der Waals surface area (Å²) in [5.41, 5.74) is 1.13. The van der Waals surface area contributed by atoms with Crippen LogP contribution >= 0.6 is 15.9 Å². The Kier molecular flexibility index (Phi) is 5.22. The van der Waals surface area contributed by atoms with Crippen molar-refractivity contribution in [2.75, 3.05) is 13.1 Å². The third kappa shape index (κ3) is 3.83. The number of amides is 1. The molecule has 1 saturated heterocycles. The number of halogens is 1. The van der Waals surface area contributed by atoms with Crippen molar-refractivity contribution in [2.24, 2.45) is 0 Å². The molecule has 2 N–H and O–H groups in total. The lowest BCUT2D eigenvalue weighted by Crippen LogP contribution is -2.49. The van der Waals surface area contributed by atoms with Crippen molar-refractivity contribution < 1.29 is 4.79 Å². The van der Waals surface area contributed by atoms with E-state index in [1.807, 2.05) is 18.2 Å². The van der Waals surface area contributed by atoms with Crippen LogP contribution in [0, 0.1) is 0 Å². The number of nitrogens with one attached hydrogen (secondary N) is 2. The fraction of sp³-hybridized carbons (Fsp3) is 0.562. The summed E-state index contributed by atoms with van der Waals surface area (Å²) in [6.07, 6.45) is 3.26. The Bertz CT molecular complexity index is 467. The van der Waals surface area contributed by atoms with Crippen LogP contribution in [0.2, 0.25) is 0 Å². The minimum absolute atomic E-state index is 0.0150. The van der Waals surface area contributed by atoms with Crippen molar-refractivity contribution in [1.82, 2.24) is 10.6 Å². The van der Waals surface area contributed by atoms with Crippen LogP contribution in [0.4, 0.5) is 0 Å². The topological polar surface area (TPSA) is 41.1 Å². The molecule has 1 aliphatic heterocycles. The van der Waals surface area contributed by atoms with E-state index < -0.39 is 0 Å². The van der Waals surface area contributed by atoms with Crippen LogP contribution in [0.3, 0.4) is 0 Å². The number of carbonyl (C=O) groups excluding carboxylic acids is 1. The molecule has 0 radical (unpaired) electrons. The summed E-state index contributed by atoms with van der Waals surface area (Å²) < 4.78 is 1.09. The van der Waals surface area contributed by atoms with Gasteiger partial charge in [0.1, 0.15) is 0 Å². The molecule has 4 heteroatoms. The monoisotopic (exact) mass is 338 g/mol. The Hall–Kier alpha value is -0.870. The maximum Gasteiger partial charge on any atom is 0.237 e. The average Bonchev–Trinajstić information content (AvgIpc) is 2.46. The Morgan fingerprint density at radius 3 is 2.80 bits per heavy atom. The van der Waals surface area contributed by atoms with E-state index in [-0.39, 0.29) is 17.4 Å². The summed E-state index contributed by atoms with van der Waals surface area (Å²) in [6.45, 7) is 5.90. The van der Waals surface area contributed by atoms with Gasteiger partial charge in [0.15, 0.2) is 0 Å². The Morgan fingerprint density at radius 1 is 1.40 bits per heavy atom. The van der Waals surface area contributed by atoms with Crippen LogP contribution in [0.15, 0.2) is 28.7 Å². The fourth-order valence-electron chi connectivity index (χ4n) is 2.61. The third-order valence-corrected chi connectivity index (χ3v) is 4.63. The molecule has 0 bridgehead atoms. The normalized spacial score (nSPS) is 19.6. The van der Waals surface area contributed by atoms with Crippen LogP contribution in [0.5, 0.6) is 0 Å². The number of benzene rings is 1. The number of hydrogen-bond donors (Lipinski definition) is 2. The molecule has 1 aliphatic rings. The second-order valence-electron chi connectivity index (χ2n) is 6.08. The van der Waals surface area contributed by atoms with Gasteiger partial charge in [0.2, 0.25) is 5.91 Å². The van der Waals surface area contributed by atoms with Crippen LogP contribution in [0.25, 0.3) is 0 Å². The van der Waals surface area contributed by atoms with Crippen molar-refractivity contribution in [3.63, 3.8) is 0 Å². The molecule has 2 rings (SSSR count). The molecule has 0 aromatic heterocycles. The van der Waals surface area contributed by atoms with Crippen LogP contribution in [-0.4, -0.2) is 25.0 Å². The predicted octanol–water partition coefficient (Wildman–Crippen LogP) is 2.99. The predicted molar refractivity (Wildman–Crippen MR) is 85.8 cm³/mol. The number of piperidine rings is 1. The Morgan fingerprint density at radius 2 is 2.15 bits per heavy atom. The molecule has 3 nitrogen and oxygen atoms in total. The summed E-state index contributed by atoms with van der Waals surface area (Å²) in [6, 6.07) is 8.18. The lowest BCUT2D eigenvalue weighted by atomic mass is 9.84. The zero-order valence-corrected chi connectivity index (χ0v) is 13.8. The standard InChI is InChI=1S/C16H23BrN2O/c1-16(2,12-7-3-4-8-13(12)17)11-19-15(20)14-9-5-6-10-18-14/h3-4,7-8,14,18H,5-6,9-11H2,1-2H3,(H,19,20). The SMILES string of the molecule is CC(C)(CNC(=O)C1CCCCN1)c1ccccc1Br. The minimum atomic E-state index is -0.0928. The van der Waals surface area contributed by atoms with E-state index in [1.165, 1.54) is 12.0 Å². The van der Waals surface area contributed by atoms with Gasteiger partial charge in [0, 0.05) is 16.4 Å². The van der Waals surface area contributed by atoms with Crippen molar-refractivity contribution in [2.45, 2.75) is 44.6 Å². The maximum absolute atomic E-state index is 12.2. The van der Waals surface area contributed by atoms with Crippen LogP contribution in [0.1, 0.15) is 38.7 Å². The highest BCUT2D eigenvalue weighted by Gasteiger charge is 2.26. The second kappa shape index (κ2) is 6.72. The van der Waals surface area contributed by atoms with Gasteiger partial charge in [0.05, 0.1) is 6.04 Å². The zero-order chi connectivity index (χ0) is 14.6. The summed E-state index contributed by atoms with van der Waals surface area (Å²) in [5.74, 6) is 0.129. The van der Waals surface area contributed by atoms with E-state index in [0.29, 0.717) is 6.54 Å². The van der Waals surface area contributed by atoms with E-state index in [0.717, 1.165) is 23.9 Å². The summed E-state index contributed by atoms with van der Waals surface area (Å²) in [5, 5.41) is 6.38. The maximum atomic E-state index is 12.2. The lowest BCUT2D eigenvalue weighted by molar-refractivity contribution is -0.123. The summed E-state index contributed by atoms with van der Waals surface area (Å²) >= 11 is 3.59. The van der Waals surface area contributed by atoms with Crippen molar-refractivity contribution in [1.29, 1.82) is 0 Å². The Balaban J connectivity index is 1.95. The minimum Gasteiger partial charge on any atom is -0.354 e. The third-order valence-electron chi connectivity index (χ3n) is 3.93. The van der Waals surface area contributed by atoms with Gasteiger partial charge < -0.3 is 10.6 Å². The Labute approximate surface area is 129 Å². The molecule has 1 aromatic rings. The lowest BCUT2D eigenvalue weighted by Gasteiger charge is -2.29. The highest BCUT2D eigenvalue weighted by atomic mass is 79.9. The molecule has 1 atom stereocenters. The number of carbonyl (C=O) groups is 1. The molecular weight excluding hydrogens is 316 g/mol. The average molecular weight is 339 g/mol. The first-order valence-corrected chi connectivity index (χ1v) is 8.06. The number of hydrogen-bond acceptors (Lipinski definition) is 2. The molecule has 0 saturated carbocycles. The first kappa shape index (κ1) is 15.5. The quantitative estimate of drug-likeness (QED) is 0.886. The van der Waals surface area contributed by atoms with Gasteiger partial charge in [0.25, 0.3) is 0 Å². The fourth-order valence-corrected chi connectivity index (χ4v) is 3.43. The van der Waals surface area contributed by atoms with E-state index in [1.54, 1.807) is 0 Å². The van der Waals surface area contributed by atoms with Gasteiger partial charge in [-0.2, -0.15) is 0 Å². The van der Waals surface area contributed by atoms with Gasteiger partial charge >= 0.3 is 0 Å². The molecule has 0 aliphatic carbocycles. The van der Waals surface area contributed by atoms with E-state index >= 15 is 0 Å². The molecule has 110 valence electrons. The van der Waals surface area contributed by atoms with Gasteiger partial charge in [-0.25, -0.2) is 0 Å². The van der Waals surface area contributed by atoms with Crippen molar-refractivity contribution >= 4 is 21.8 Å². The molecular formula is C16H23BrN2O. The van der Waals surface area contributed by atoms with E-state index in [4.69, 9.17) is 0 Å². The molecule has 1 amide bonds. The number of rotatable bonds is 4. The first-order valence-electron chi connectivity index (χ1n) is 7.27. The van der Waals surface area contributed by atoms with E-state index in [2.05, 4.69) is 46.5 Å². The highest BCUT2D eigenvalue weighted by molar-refractivity contribution is 9.10. The van der Waals surface area contributed by atoms with Crippen LogP contribution in [-0.2, 0) is 10.2 Å². The molecule has 1 heterocycles. The highest BCUT2D eigenvalue weighted by Crippen LogP contribution is 2.29. The van der Waals surface area contributed by atoms with Crippen LogP contribution < -0.4 is 10.6 Å². The van der Waals surface area contributed by atoms with Gasteiger partial charge in [-0.1, -0.05) is 54.4 Å². The van der Waals surface area contributed by atoms with Gasteiger partial charge in [-0.15, -0.1) is 0 Å². The molecule has 1 aromatic carbocycles.